The number of carbonyl (C=O) groups is 1. The maximum absolute atomic E-state index is 12.1. The number of rotatable bonds is 12. The zero-order valence-corrected chi connectivity index (χ0v) is 14.5. The lowest BCUT2D eigenvalue weighted by Crippen LogP contribution is -2.53. The van der Waals surface area contributed by atoms with Crippen LogP contribution in [0.2, 0.25) is 0 Å². The summed E-state index contributed by atoms with van der Waals surface area (Å²) in [6.45, 7) is 11.1. The number of carbonyl (C=O) groups excluding carboxylic acids is 1. The summed E-state index contributed by atoms with van der Waals surface area (Å²) < 4.78 is 0.879. The van der Waals surface area contributed by atoms with Crippen molar-refractivity contribution in [3.05, 3.63) is 12.2 Å². The van der Waals surface area contributed by atoms with E-state index >= 15 is 0 Å². The van der Waals surface area contributed by atoms with Gasteiger partial charge in [0.2, 0.25) is 5.91 Å². The Balaban J connectivity index is 4.15. The van der Waals surface area contributed by atoms with Gasteiger partial charge < -0.3 is 14.5 Å². The van der Waals surface area contributed by atoms with Gasteiger partial charge in [-0.25, -0.2) is 0 Å². The van der Waals surface area contributed by atoms with Crippen molar-refractivity contribution in [2.45, 2.75) is 46.5 Å². The minimum absolute atomic E-state index is 0.210. The van der Waals surface area contributed by atoms with Gasteiger partial charge in [0.05, 0.1) is 32.8 Å². The highest BCUT2D eigenvalue weighted by Gasteiger charge is 2.23. The van der Waals surface area contributed by atoms with E-state index in [1.165, 1.54) is 0 Å². The number of unbranched alkanes of at least 4 members (excludes halogenated alkanes) is 1. The Morgan fingerprint density at radius 1 is 1.10 bits per heavy atom. The molecule has 1 N–H and O–H groups in total. The molecule has 0 unspecified atom stereocenters. The van der Waals surface area contributed by atoms with E-state index in [9.17, 15) is 9.90 Å². The van der Waals surface area contributed by atoms with Crippen LogP contribution in [0.15, 0.2) is 12.2 Å². The van der Waals surface area contributed by atoms with Crippen LogP contribution in [0, 0.1) is 0 Å². The molecule has 1 amide bonds. The topological polar surface area (TPSA) is 40.5 Å². The number of aliphatic hydroxyl groups is 1. The van der Waals surface area contributed by atoms with Gasteiger partial charge >= 0.3 is 0 Å². The lowest BCUT2D eigenvalue weighted by Gasteiger charge is -2.37. The van der Waals surface area contributed by atoms with Crippen molar-refractivity contribution in [3.63, 3.8) is 0 Å². The van der Waals surface area contributed by atoms with E-state index in [-0.39, 0.29) is 12.5 Å². The lowest BCUT2D eigenvalue weighted by molar-refractivity contribution is -0.924. The minimum Gasteiger partial charge on any atom is -0.391 e. The standard InChI is InChI=1S/C17H35N2O2/c1-5-8-9-10-11-12-17(21)18(4)13-14-19(6-2,7-3)15-16-20/h9-10,20H,5-8,11-16H2,1-4H3/q+1/b10-9+. The first-order chi connectivity index (χ1) is 10.0. The van der Waals surface area contributed by atoms with Gasteiger partial charge in [-0.2, -0.15) is 0 Å². The van der Waals surface area contributed by atoms with Gasteiger partial charge in [-0.3, -0.25) is 4.79 Å². The zero-order chi connectivity index (χ0) is 16.1. The third-order valence-electron chi connectivity index (χ3n) is 4.40. The van der Waals surface area contributed by atoms with Crippen molar-refractivity contribution in [1.29, 1.82) is 0 Å². The minimum atomic E-state index is 0.210. The van der Waals surface area contributed by atoms with Crippen molar-refractivity contribution in [3.8, 4) is 0 Å². The third kappa shape index (κ3) is 8.22. The van der Waals surface area contributed by atoms with Gasteiger partial charge in [0.1, 0.15) is 6.54 Å². The predicted molar refractivity (Wildman–Crippen MR) is 89.1 cm³/mol. The van der Waals surface area contributed by atoms with Crippen LogP contribution in [0.5, 0.6) is 0 Å². The Morgan fingerprint density at radius 3 is 2.24 bits per heavy atom. The van der Waals surface area contributed by atoms with E-state index in [1.807, 2.05) is 11.9 Å². The summed E-state index contributed by atoms with van der Waals surface area (Å²) in [6.07, 6.45) is 7.95. The van der Waals surface area contributed by atoms with E-state index in [0.717, 1.165) is 56.5 Å². The van der Waals surface area contributed by atoms with E-state index in [2.05, 4.69) is 32.9 Å². The molecule has 4 heteroatoms. The highest BCUT2D eigenvalue weighted by Crippen LogP contribution is 2.07. The first-order valence-electron chi connectivity index (χ1n) is 8.40. The maximum atomic E-state index is 12.1. The molecule has 0 aromatic carbocycles. The highest BCUT2D eigenvalue weighted by molar-refractivity contribution is 5.75. The molecule has 0 saturated carbocycles. The number of amides is 1. The summed E-state index contributed by atoms with van der Waals surface area (Å²) in [5.41, 5.74) is 0. The van der Waals surface area contributed by atoms with Crippen molar-refractivity contribution >= 4 is 5.91 Å². The fraction of sp³-hybridized carbons (Fsp3) is 0.824. The highest BCUT2D eigenvalue weighted by atomic mass is 16.3. The SMILES string of the molecule is CCC/C=C/CCC(=O)N(C)CC[N+](CC)(CC)CCO. The van der Waals surface area contributed by atoms with Crippen LogP contribution in [0.25, 0.3) is 0 Å². The number of hydrogen-bond donors (Lipinski definition) is 1. The summed E-state index contributed by atoms with van der Waals surface area (Å²) >= 11 is 0. The van der Waals surface area contributed by atoms with Crippen LogP contribution >= 0.6 is 0 Å². The molecular weight excluding hydrogens is 264 g/mol. The van der Waals surface area contributed by atoms with Crippen LogP contribution in [-0.4, -0.2) is 66.8 Å². The average molecular weight is 299 g/mol. The van der Waals surface area contributed by atoms with Crippen LogP contribution in [0.1, 0.15) is 46.5 Å². The second-order valence-electron chi connectivity index (χ2n) is 5.76. The second-order valence-corrected chi connectivity index (χ2v) is 5.76. The fourth-order valence-electron chi connectivity index (χ4n) is 2.47. The number of quaternary nitrogens is 1. The van der Waals surface area contributed by atoms with E-state index in [0.29, 0.717) is 6.42 Å². The number of aliphatic hydroxyl groups excluding tert-OH is 1. The summed E-state index contributed by atoms with van der Waals surface area (Å²) in [7, 11) is 1.89. The molecule has 21 heavy (non-hydrogen) atoms. The van der Waals surface area contributed by atoms with Gasteiger partial charge in [0, 0.05) is 13.5 Å². The monoisotopic (exact) mass is 299 g/mol. The number of allylic oxidation sites excluding steroid dienone is 2. The average Bonchev–Trinajstić information content (AvgIpc) is 2.50. The molecule has 124 valence electrons. The van der Waals surface area contributed by atoms with E-state index in [4.69, 9.17) is 0 Å². The van der Waals surface area contributed by atoms with Gasteiger partial charge in [-0.1, -0.05) is 25.5 Å². The number of nitrogens with zero attached hydrogens (tertiary/aromatic N) is 2. The molecule has 4 nitrogen and oxygen atoms in total. The van der Waals surface area contributed by atoms with Gasteiger partial charge in [-0.15, -0.1) is 0 Å². The Kier molecular flexibility index (Phi) is 11.3. The van der Waals surface area contributed by atoms with E-state index in [1.54, 1.807) is 0 Å². The molecule has 0 aliphatic rings. The van der Waals surface area contributed by atoms with Crippen LogP contribution in [-0.2, 0) is 4.79 Å². The molecule has 0 aromatic rings. The van der Waals surface area contributed by atoms with Crippen molar-refractivity contribution in [2.75, 3.05) is 46.4 Å². The summed E-state index contributed by atoms with van der Waals surface area (Å²) in [5.74, 6) is 0.213. The normalized spacial score (nSPS) is 12.0. The fourth-order valence-corrected chi connectivity index (χ4v) is 2.47. The molecule has 0 atom stereocenters. The van der Waals surface area contributed by atoms with Crippen LogP contribution in [0.4, 0.5) is 0 Å². The first kappa shape index (κ1) is 20.1. The summed E-state index contributed by atoms with van der Waals surface area (Å²) in [5, 5.41) is 9.22. The molecule has 0 fully saturated rings. The molecule has 0 radical (unpaired) electrons. The van der Waals surface area contributed by atoms with Crippen molar-refractivity contribution < 1.29 is 14.4 Å². The van der Waals surface area contributed by atoms with Crippen LogP contribution in [0.3, 0.4) is 0 Å². The maximum Gasteiger partial charge on any atom is 0.222 e. The molecular formula is C17H35N2O2+. The molecule has 0 aliphatic heterocycles. The lowest BCUT2D eigenvalue weighted by atomic mass is 10.2. The van der Waals surface area contributed by atoms with Crippen molar-refractivity contribution in [1.82, 2.24) is 4.90 Å². The quantitative estimate of drug-likeness (QED) is 0.444. The zero-order valence-electron chi connectivity index (χ0n) is 14.5. The third-order valence-corrected chi connectivity index (χ3v) is 4.40. The largest absolute Gasteiger partial charge is 0.391 e. The summed E-state index contributed by atoms with van der Waals surface area (Å²) in [4.78, 5) is 13.9. The molecule has 0 rings (SSSR count). The van der Waals surface area contributed by atoms with Gasteiger partial charge in [0.25, 0.3) is 0 Å². The van der Waals surface area contributed by atoms with Gasteiger partial charge in [-0.05, 0) is 26.7 Å². The summed E-state index contributed by atoms with van der Waals surface area (Å²) in [6, 6.07) is 0. The number of hydrogen-bond acceptors (Lipinski definition) is 2. The molecule has 0 saturated heterocycles. The predicted octanol–water partition coefficient (Wildman–Crippen LogP) is 2.43. The Morgan fingerprint density at radius 2 is 1.71 bits per heavy atom. The molecule has 0 bridgehead atoms. The Hall–Kier alpha value is -0.870. The Bertz CT molecular complexity index is 299. The number of likely N-dealkylation sites (N-methyl/N-ethyl adjacent to an activating group) is 2. The first-order valence-corrected chi connectivity index (χ1v) is 8.40. The molecule has 0 heterocycles. The molecule has 0 aliphatic carbocycles. The van der Waals surface area contributed by atoms with Crippen molar-refractivity contribution in [2.24, 2.45) is 0 Å². The smallest absolute Gasteiger partial charge is 0.222 e. The van der Waals surface area contributed by atoms with E-state index < -0.39 is 0 Å². The van der Waals surface area contributed by atoms with Gasteiger partial charge in [0.15, 0.2) is 0 Å². The van der Waals surface area contributed by atoms with Crippen LogP contribution < -0.4 is 0 Å². The molecule has 0 aromatic heterocycles. The Labute approximate surface area is 131 Å². The molecule has 0 spiro atoms. The second kappa shape index (κ2) is 11.8.